The van der Waals surface area contributed by atoms with Gasteiger partial charge < -0.3 is 15.5 Å². The van der Waals surface area contributed by atoms with Crippen molar-refractivity contribution < 1.29 is 4.79 Å². The van der Waals surface area contributed by atoms with Crippen LogP contribution in [0.1, 0.15) is 45.2 Å². The molecule has 6 heteroatoms. The number of likely N-dealkylation sites (tertiary alicyclic amines) is 1. The van der Waals surface area contributed by atoms with Crippen molar-refractivity contribution in [2.75, 3.05) is 19.6 Å². The van der Waals surface area contributed by atoms with Crippen molar-refractivity contribution in [3.8, 4) is 0 Å². The predicted octanol–water partition coefficient (Wildman–Crippen LogP) is 3.18. The maximum atomic E-state index is 12.1. The number of aliphatic imine (C=N–C) groups is 1. The minimum absolute atomic E-state index is 0. The summed E-state index contributed by atoms with van der Waals surface area (Å²) < 4.78 is 0. The highest BCUT2D eigenvalue weighted by molar-refractivity contribution is 14.0. The number of carbonyl (C=O) groups excluding carboxylic acids is 1. The fraction of sp³-hybridized carbons (Fsp3) is 0.600. The Morgan fingerprint density at radius 3 is 2.58 bits per heavy atom. The van der Waals surface area contributed by atoms with Gasteiger partial charge in [0.2, 0.25) is 5.91 Å². The molecular weight excluding hydrogens is 439 g/mol. The molecule has 1 aromatic rings. The second-order valence-corrected chi connectivity index (χ2v) is 6.89. The lowest BCUT2D eigenvalue weighted by molar-refractivity contribution is -0.133. The molecule has 2 N–H and O–H groups in total. The van der Waals surface area contributed by atoms with Gasteiger partial charge in [0.1, 0.15) is 0 Å². The van der Waals surface area contributed by atoms with E-state index < -0.39 is 0 Å². The number of nitrogens with one attached hydrogen (secondary N) is 2. The molecule has 0 spiro atoms. The molecule has 0 bridgehead atoms. The molecule has 0 radical (unpaired) electrons. The van der Waals surface area contributed by atoms with Crippen molar-refractivity contribution in [3.63, 3.8) is 0 Å². The smallest absolute Gasteiger partial charge is 0.225 e. The summed E-state index contributed by atoms with van der Waals surface area (Å²) in [5.41, 5.74) is 2.61. The highest BCUT2D eigenvalue weighted by atomic mass is 127. The zero-order chi connectivity index (χ0) is 18.2. The average Bonchev–Trinajstić information content (AvgIpc) is 3.07. The van der Waals surface area contributed by atoms with Gasteiger partial charge in [0.25, 0.3) is 0 Å². The number of amides is 1. The summed E-state index contributed by atoms with van der Waals surface area (Å²) in [6.07, 6.45) is 1.99. The number of aryl methyl sites for hydroxylation is 1. The molecule has 0 aromatic heterocycles. The van der Waals surface area contributed by atoms with Crippen molar-refractivity contribution in [3.05, 3.63) is 35.4 Å². The molecule has 1 atom stereocenters. The quantitative estimate of drug-likeness (QED) is 0.380. The second-order valence-electron chi connectivity index (χ2n) is 6.89. The van der Waals surface area contributed by atoms with Crippen LogP contribution in [0, 0.1) is 5.92 Å². The maximum absolute atomic E-state index is 12.1. The summed E-state index contributed by atoms with van der Waals surface area (Å²) in [6.45, 7) is 11.2. The van der Waals surface area contributed by atoms with E-state index in [1.807, 2.05) is 18.7 Å². The van der Waals surface area contributed by atoms with Crippen molar-refractivity contribution in [2.24, 2.45) is 10.9 Å². The molecule has 1 aliphatic heterocycles. The Labute approximate surface area is 175 Å². The van der Waals surface area contributed by atoms with Crippen molar-refractivity contribution >= 4 is 35.8 Å². The monoisotopic (exact) mass is 472 g/mol. The highest BCUT2D eigenvalue weighted by Gasteiger charge is 2.27. The lowest BCUT2D eigenvalue weighted by Crippen LogP contribution is -2.45. The minimum atomic E-state index is 0. The lowest BCUT2D eigenvalue weighted by atomic mass is 10.1. The van der Waals surface area contributed by atoms with E-state index in [1.54, 1.807) is 0 Å². The number of nitrogens with zero attached hydrogens (tertiary/aromatic N) is 2. The molecular formula is C20H33IN4O. The molecule has 0 aliphatic carbocycles. The van der Waals surface area contributed by atoms with E-state index in [-0.39, 0.29) is 41.8 Å². The normalized spacial score (nSPS) is 17.2. The largest absolute Gasteiger partial charge is 0.357 e. The summed E-state index contributed by atoms with van der Waals surface area (Å²) in [6, 6.07) is 8.72. The molecule has 1 amide bonds. The predicted molar refractivity (Wildman–Crippen MR) is 119 cm³/mol. The second kappa shape index (κ2) is 11.4. The molecule has 146 valence electrons. The topological polar surface area (TPSA) is 56.7 Å². The Morgan fingerprint density at radius 1 is 1.27 bits per heavy atom. The molecule has 26 heavy (non-hydrogen) atoms. The van der Waals surface area contributed by atoms with Crippen LogP contribution in [0.2, 0.25) is 0 Å². The van der Waals surface area contributed by atoms with E-state index in [1.165, 1.54) is 11.1 Å². The molecule has 2 rings (SSSR count). The standard InChI is InChI=1S/C20H32N4O.HI/c1-5-16-9-7-8-10-17(16)13-22-20(21-6-2)23-18-11-12-24(14-18)19(25)15(3)4;/h7-10,15,18H,5-6,11-14H2,1-4H3,(H2,21,22,23);1H. The van der Waals surface area contributed by atoms with Gasteiger partial charge in [0.05, 0.1) is 6.54 Å². The fourth-order valence-electron chi connectivity index (χ4n) is 3.18. The minimum Gasteiger partial charge on any atom is -0.357 e. The van der Waals surface area contributed by atoms with Crippen LogP contribution in [0.3, 0.4) is 0 Å². The van der Waals surface area contributed by atoms with Gasteiger partial charge in [-0.3, -0.25) is 4.79 Å². The van der Waals surface area contributed by atoms with Crippen molar-refractivity contribution in [1.29, 1.82) is 0 Å². The van der Waals surface area contributed by atoms with Crippen LogP contribution in [0.15, 0.2) is 29.3 Å². The summed E-state index contributed by atoms with van der Waals surface area (Å²) >= 11 is 0. The van der Waals surface area contributed by atoms with Gasteiger partial charge in [0.15, 0.2) is 5.96 Å². The number of hydrogen-bond acceptors (Lipinski definition) is 2. The number of carbonyl (C=O) groups is 1. The third-order valence-electron chi connectivity index (χ3n) is 4.59. The van der Waals surface area contributed by atoms with Gasteiger partial charge >= 0.3 is 0 Å². The van der Waals surface area contributed by atoms with E-state index in [0.29, 0.717) is 6.54 Å². The Balaban J connectivity index is 0.00000338. The molecule has 1 unspecified atom stereocenters. The van der Waals surface area contributed by atoms with Crippen LogP contribution < -0.4 is 10.6 Å². The van der Waals surface area contributed by atoms with E-state index >= 15 is 0 Å². The number of benzene rings is 1. The Bertz CT molecular complexity index is 603. The van der Waals surface area contributed by atoms with Gasteiger partial charge in [-0.2, -0.15) is 0 Å². The van der Waals surface area contributed by atoms with Crippen LogP contribution in [0.25, 0.3) is 0 Å². The Hall–Kier alpha value is -1.31. The van der Waals surface area contributed by atoms with Gasteiger partial charge in [-0.25, -0.2) is 4.99 Å². The maximum Gasteiger partial charge on any atom is 0.225 e. The number of rotatable bonds is 6. The summed E-state index contributed by atoms with van der Waals surface area (Å²) in [5.74, 6) is 1.13. The molecule has 1 saturated heterocycles. The van der Waals surface area contributed by atoms with Gasteiger partial charge in [-0.15, -0.1) is 24.0 Å². The summed E-state index contributed by atoms with van der Waals surface area (Å²) in [5, 5.41) is 6.81. The molecule has 5 nitrogen and oxygen atoms in total. The third-order valence-corrected chi connectivity index (χ3v) is 4.59. The van der Waals surface area contributed by atoms with Crippen molar-refractivity contribution in [1.82, 2.24) is 15.5 Å². The zero-order valence-corrected chi connectivity index (χ0v) is 18.7. The highest BCUT2D eigenvalue weighted by Crippen LogP contribution is 2.13. The van der Waals surface area contributed by atoms with E-state index in [4.69, 9.17) is 4.99 Å². The lowest BCUT2D eigenvalue weighted by Gasteiger charge is -2.20. The van der Waals surface area contributed by atoms with Gasteiger partial charge in [0, 0.05) is 31.6 Å². The molecule has 1 aliphatic rings. The first kappa shape index (κ1) is 22.7. The van der Waals surface area contributed by atoms with Gasteiger partial charge in [-0.05, 0) is 30.9 Å². The summed E-state index contributed by atoms with van der Waals surface area (Å²) in [7, 11) is 0. The van der Waals surface area contributed by atoms with Gasteiger partial charge in [-0.1, -0.05) is 45.0 Å². The van der Waals surface area contributed by atoms with Crippen LogP contribution >= 0.6 is 24.0 Å². The average molecular weight is 472 g/mol. The Morgan fingerprint density at radius 2 is 1.96 bits per heavy atom. The zero-order valence-electron chi connectivity index (χ0n) is 16.4. The van der Waals surface area contributed by atoms with Crippen LogP contribution in [-0.4, -0.2) is 42.4 Å². The Kier molecular flexibility index (Phi) is 9.98. The van der Waals surface area contributed by atoms with Crippen LogP contribution in [0.4, 0.5) is 0 Å². The first-order chi connectivity index (χ1) is 12.0. The molecule has 0 saturated carbocycles. The SMILES string of the molecule is CCNC(=NCc1ccccc1CC)NC1CCN(C(=O)C(C)C)C1.I. The molecule has 1 fully saturated rings. The fourth-order valence-corrected chi connectivity index (χ4v) is 3.18. The third kappa shape index (κ3) is 6.45. The van der Waals surface area contributed by atoms with Crippen LogP contribution in [-0.2, 0) is 17.8 Å². The number of hydrogen-bond donors (Lipinski definition) is 2. The van der Waals surface area contributed by atoms with Crippen molar-refractivity contribution in [2.45, 2.75) is 53.1 Å². The molecule has 1 heterocycles. The van der Waals surface area contributed by atoms with E-state index in [0.717, 1.165) is 38.4 Å². The van der Waals surface area contributed by atoms with E-state index in [2.05, 4.69) is 48.7 Å². The van der Waals surface area contributed by atoms with E-state index in [9.17, 15) is 4.79 Å². The first-order valence-electron chi connectivity index (χ1n) is 9.45. The number of halogens is 1. The first-order valence-corrected chi connectivity index (χ1v) is 9.45. The summed E-state index contributed by atoms with van der Waals surface area (Å²) in [4.78, 5) is 18.8. The van der Waals surface area contributed by atoms with Crippen LogP contribution in [0.5, 0.6) is 0 Å². The molecule has 1 aromatic carbocycles. The number of guanidine groups is 1.